The fourth-order valence-electron chi connectivity index (χ4n) is 3.48. The van der Waals surface area contributed by atoms with Gasteiger partial charge in [-0.05, 0) is 25.8 Å². The van der Waals surface area contributed by atoms with Gasteiger partial charge in [-0.25, -0.2) is 13.2 Å². The second kappa shape index (κ2) is 8.32. The highest BCUT2D eigenvalue weighted by Crippen LogP contribution is 2.24. The molecule has 2 aromatic rings. The van der Waals surface area contributed by atoms with Gasteiger partial charge < -0.3 is 10.2 Å². The van der Waals surface area contributed by atoms with Crippen LogP contribution < -0.4 is 5.32 Å². The number of benzene rings is 1. The van der Waals surface area contributed by atoms with E-state index in [1.54, 1.807) is 30.5 Å². The minimum atomic E-state index is -3.64. The van der Waals surface area contributed by atoms with E-state index in [1.165, 1.54) is 4.31 Å². The lowest BCUT2D eigenvalue weighted by molar-refractivity contribution is 0.200. The van der Waals surface area contributed by atoms with E-state index in [-0.39, 0.29) is 17.5 Å². The molecule has 0 saturated carbocycles. The van der Waals surface area contributed by atoms with Crippen LogP contribution in [0, 0.1) is 13.8 Å². The quantitative estimate of drug-likeness (QED) is 0.838. The molecule has 1 saturated heterocycles. The summed E-state index contributed by atoms with van der Waals surface area (Å²) in [5, 5.41) is 7.14. The number of rotatable bonds is 4. The van der Waals surface area contributed by atoms with Crippen LogP contribution in [0.15, 0.2) is 35.2 Å². The Hall–Kier alpha value is -2.39. The maximum absolute atomic E-state index is 13.1. The lowest BCUT2D eigenvalue weighted by atomic mass is 10.2. The molecule has 1 aliphatic rings. The average molecular weight is 406 g/mol. The van der Waals surface area contributed by atoms with E-state index in [4.69, 9.17) is 0 Å². The number of hydrogen-bond acceptors (Lipinski definition) is 4. The van der Waals surface area contributed by atoms with Crippen molar-refractivity contribution in [3.05, 3.63) is 47.3 Å². The van der Waals surface area contributed by atoms with Crippen molar-refractivity contribution in [2.24, 2.45) is 7.05 Å². The molecule has 9 heteroatoms. The molecule has 2 heterocycles. The van der Waals surface area contributed by atoms with Gasteiger partial charge in [0.25, 0.3) is 0 Å². The molecule has 1 N–H and O–H groups in total. The summed E-state index contributed by atoms with van der Waals surface area (Å²) in [4.78, 5) is 14.5. The molecule has 8 nitrogen and oxygen atoms in total. The summed E-state index contributed by atoms with van der Waals surface area (Å²) in [6.07, 6.45) is 0.594. The first-order valence-electron chi connectivity index (χ1n) is 9.37. The van der Waals surface area contributed by atoms with Crippen molar-refractivity contribution < 1.29 is 13.2 Å². The van der Waals surface area contributed by atoms with E-state index in [2.05, 4.69) is 10.4 Å². The van der Waals surface area contributed by atoms with Crippen molar-refractivity contribution in [1.29, 1.82) is 0 Å². The maximum Gasteiger partial charge on any atom is 0.317 e. The fraction of sp³-hybridized carbons (Fsp3) is 0.474. The molecule has 0 unspecified atom stereocenters. The second-order valence-electron chi connectivity index (χ2n) is 7.01. The van der Waals surface area contributed by atoms with E-state index in [1.807, 2.05) is 30.3 Å². The highest BCUT2D eigenvalue weighted by molar-refractivity contribution is 7.89. The number of nitrogens with zero attached hydrogens (tertiary/aromatic N) is 4. The van der Waals surface area contributed by atoms with Gasteiger partial charge in [-0.3, -0.25) is 4.68 Å². The van der Waals surface area contributed by atoms with Gasteiger partial charge in [0.05, 0.1) is 11.4 Å². The van der Waals surface area contributed by atoms with Gasteiger partial charge >= 0.3 is 6.03 Å². The number of aromatic nitrogens is 2. The van der Waals surface area contributed by atoms with E-state index >= 15 is 0 Å². The zero-order chi connectivity index (χ0) is 20.3. The summed E-state index contributed by atoms with van der Waals surface area (Å²) in [6, 6.07) is 9.53. The Kier molecular flexibility index (Phi) is 6.04. The zero-order valence-electron chi connectivity index (χ0n) is 16.6. The normalized spacial score (nSPS) is 16.0. The van der Waals surface area contributed by atoms with E-state index < -0.39 is 10.0 Å². The van der Waals surface area contributed by atoms with E-state index in [9.17, 15) is 13.2 Å². The predicted molar refractivity (Wildman–Crippen MR) is 106 cm³/mol. The van der Waals surface area contributed by atoms with Crippen LogP contribution in [0.4, 0.5) is 4.79 Å². The second-order valence-corrected chi connectivity index (χ2v) is 8.89. The molecule has 152 valence electrons. The Bertz CT molecular complexity index is 940. The molecule has 1 aliphatic heterocycles. The number of nitrogens with one attached hydrogen (secondary N) is 1. The molecule has 28 heavy (non-hydrogen) atoms. The number of urea groups is 1. The van der Waals surface area contributed by atoms with Crippen molar-refractivity contribution in [3.63, 3.8) is 0 Å². The lowest BCUT2D eigenvalue weighted by Gasteiger charge is -2.22. The first-order chi connectivity index (χ1) is 13.3. The summed E-state index contributed by atoms with van der Waals surface area (Å²) < 4.78 is 29.3. The van der Waals surface area contributed by atoms with Crippen molar-refractivity contribution >= 4 is 16.1 Å². The van der Waals surface area contributed by atoms with Gasteiger partial charge in [0.2, 0.25) is 10.0 Å². The van der Waals surface area contributed by atoms with Crippen molar-refractivity contribution in [2.45, 2.75) is 31.7 Å². The molecule has 1 aromatic carbocycles. The zero-order valence-corrected chi connectivity index (χ0v) is 17.4. The summed E-state index contributed by atoms with van der Waals surface area (Å²) in [5.74, 6) is 0. The molecule has 0 spiro atoms. The van der Waals surface area contributed by atoms with Crippen molar-refractivity contribution in [1.82, 2.24) is 24.3 Å². The van der Waals surface area contributed by atoms with Crippen LogP contribution in [0.2, 0.25) is 0 Å². The number of carbonyl (C=O) groups excluding carboxylic acids is 1. The summed E-state index contributed by atoms with van der Waals surface area (Å²) >= 11 is 0. The Balaban J connectivity index is 1.65. The van der Waals surface area contributed by atoms with Crippen LogP contribution in [0.5, 0.6) is 0 Å². The minimum absolute atomic E-state index is 0.170. The maximum atomic E-state index is 13.1. The predicted octanol–water partition coefficient (Wildman–Crippen LogP) is 1.64. The van der Waals surface area contributed by atoms with Crippen LogP contribution in [-0.2, 0) is 23.6 Å². The molecule has 1 aromatic heterocycles. The Morgan fingerprint density at radius 1 is 1.11 bits per heavy atom. The third kappa shape index (κ3) is 4.20. The summed E-state index contributed by atoms with van der Waals surface area (Å²) in [6.45, 7) is 5.46. The molecule has 0 aliphatic carbocycles. The van der Waals surface area contributed by atoms with Crippen LogP contribution in [0.1, 0.15) is 23.4 Å². The molecular formula is C19H27N5O3S. The molecular weight excluding hydrogens is 378 g/mol. The largest absolute Gasteiger partial charge is 0.334 e. The minimum Gasteiger partial charge on any atom is -0.334 e. The van der Waals surface area contributed by atoms with Crippen molar-refractivity contribution in [3.8, 4) is 0 Å². The number of amides is 2. The third-order valence-electron chi connectivity index (χ3n) is 5.07. The topological polar surface area (TPSA) is 87.5 Å². The molecule has 3 rings (SSSR count). The van der Waals surface area contributed by atoms with Gasteiger partial charge in [-0.15, -0.1) is 0 Å². The van der Waals surface area contributed by atoms with Crippen LogP contribution >= 0.6 is 0 Å². The molecule has 0 bridgehead atoms. The van der Waals surface area contributed by atoms with Crippen LogP contribution in [0.3, 0.4) is 0 Å². The van der Waals surface area contributed by atoms with Crippen molar-refractivity contribution in [2.75, 3.05) is 26.2 Å². The van der Waals surface area contributed by atoms with E-state index in [0.717, 1.165) is 5.56 Å². The van der Waals surface area contributed by atoms with Crippen LogP contribution in [-0.4, -0.2) is 59.6 Å². The number of hydrogen-bond donors (Lipinski definition) is 1. The van der Waals surface area contributed by atoms with Gasteiger partial charge in [0, 0.05) is 39.8 Å². The Morgan fingerprint density at radius 3 is 2.46 bits per heavy atom. The van der Waals surface area contributed by atoms with Gasteiger partial charge in [0.15, 0.2) is 0 Å². The first-order valence-corrected chi connectivity index (χ1v) is 10.8. The summed E-state index contributed by atoms with van der Waals surface area (Å²) in [7, 11) is -1.90. The first kappa shape index (κ1) is 20.3. The number of carbonyl (C=O) groups is 1. The van der Waals surface area contributed by atoms with Gasteiger partial charge in [-0.2, -0.15) is 9.40 Å². The average Bonchev–Trinajstić information content (AvgIpc) is 2.84. The van der Waals surface area contributed by atoms with E-state index in [0.29, 0.717) is 44.0 Å². The summed E-state index contributed by atoms with van der Waals surface area (Å²) in [5.41, 5.74) is 2.15. The van der Waals surface area contributed by atoms with Gasteiger partial charge in [-0.1, -0.05) is 30.3 Å². The molecule has 0 radical (unpaired) electrons. The number of aryl methyl sites for hydroxylation is 2. The molecule has 1 fully saturated rings. The highest BCUT2D eigenvalue weighted by Gasteiger charge is 2.32. The number of sulfonamides is 1. The SMILES string of the molecule is Cc1nn(C)c(C)c1S(=O)(=O)N1CCCN(C(=O)NCc2ccccc2)CC1. The standard InChI is InChI=1S/C19H27N5O3S/c1-15-18(16(2)22(3)21-15)28(26,27)24-11-7-10-23(12-13-24)19(25)20-14-17-8-5-4-6-9-17/h4-6,8-9H,7,10-14H2,1-3H3,(H,20,25). The molecule has 0 atom stereocenters. The molecule has 2 amide bonds. The monoisotopic (exact) mass is 405 g/mol. The smallest absolute Gasteiger partial charge is 0.317 e. The fourth-order valence-corrected chi connectivity index (χ4v) is 5.35. The Labute approximate surface area is 166 Å². The Morgan fingerprint density at radius 2 is 1.82 bits per heavy atom. The lowest BCUT2D eigenvalue weighted by Crippen LogP contribution is -2.42. The third-order valence-corrected chi connectivity index (χ3v) is 7.22. The van der Waals surface area contributed by atoms with Crippen LogP contribution in [0.25, 0.3) is 0 Å². The highest BCUT2D eigenvalue weighted by atomic mass is 32.2. The van der Waals surface area contributed by atoms with Gasteiger partial charge in [0.1, 0.15) is 4.90 Å².